The maximum atomic E-state index is 14.6. The Balaban J connectivity index is 0.867. The summed E-state index contributed by atoms with van der Waals surface area (Å²) >= 11 is 0. The number of aliphatic hydroxyl groups excluding tert-OH is 8. The molecular formula is C43H68O17. The van der Waals surface area contributed by atoms with Crippen LogP contribution < -0.4 is 0 Å². The Morgan fingerprint density at radius 1 is 0.717 bits per heavy atom. The van der Waals surface area contributed by atoms with E-state index in [0.717, 1.165) is 38.5 Å². The lowest BCUT2D eigenvalue weighted by atomic mass is 9.44. The van der Waals surface area contributed by atoms with E-state index in [-0.39, 0.29) is 60.4 Å². The van der Waals surface area contributed by atoms with E-state index >= 15 is 0 Å². The normalized spacial score (nSPS) is 58.0. The predicted molar refractivity (Wildman–Crippen MR) is 204 cm³/mol. The first-order valence-corrected chi connectivity index (χ1v) is 22.6. The first-order valence-electron chi connectivity index (χ1n) is 22.6. The summed E-state index contributed by atoms with van der Waals surface area (Å²) in [5.74, 6) is 1.77. The average molecular weight is 857 g/mol. The maximum absolute atomic E-state index is 14.6. The highest BCUT2D eigenvalue weighted by atomic mass is 16.8. The van der Waals surface area contributed by atoms with Crippen molar-refractivity contribution in [2.75, 3.05) is 26.4 Å². The second-order valence-electron chi connectivity index (χ2n) is 20.5. The number of carbonyl (C=O) groups is 1. The summed E-state index contributed by atoms with van der Waals surface area (Å²) in [5.41, 5.74) is -0.529. The molecule has 5 aliphatic heterocycles. The van der Waals surface area contributed by atoms with Crippen LogP contribution in [0.25, 0.3) is 0 Å². The van der Waals surface area contributed by atoms with Gasteiger partial charge >= 0.3 is 0 Å². The summed E-state index contributed by atoms with van der Waals surface area (Å²) in [5, 5.41) is 84.3. The maximum Gasteiger partial charge on any atom is 0.186 e. The Bertz CT molecular complexity index is 1550. The number of carbonyl (C=O) groups excluding carboxylic acids is 1. The first-order chi connectivity index (χ1) is 28.5. The molecule has 4 aliphatic carbocycles. The van der Waals surface area contributed by atoms with Gasteiger partial charge in [-0.15, -0.1) is 0 Å². The number of fused-ring (bicyclic) bond motifs is 7. The number of aliphatic hydroxyl groups is 8. The lowest BCUT2D eigenvalue weighted by molar-refractivity contribution is -0.362. The van der Waals surface area contributed by atoms with Crippen LogP contribution in [0.5, 0.6) is 0 Å². The lowest BCUT2D eigenvalue weighted by Gasteiger charge is -2.60. The molecule has 0 unspecified atom stereocenters. The van der Waals surface area contributed by atoms with Crippen LogP contribution in [-0.2, 0) is 42.7 Å². The number of Topliss-reactive ketones (excluding diaryl/α,β-unsaturated/α-hetero) is 1. The predicted octanol–water partition coefficient (Wildman–Crippen LogP) is -0.276. The molecule has 9 aliphatic rings. The van der Waals surface area contributed by atoms with Gasteiger partial charge in [0.05, 0.1) is 38.6 Å². The van der Waals surface area contributed by atoms with Gasteiger partial charge in [-0.25, -0.2) is 0 Å². The summed E-state index contributed by atoms with van der Waals surface area (Å²) in [6, 6.07) is 0. The topological polar surface area (TPSA) is 253 Å². The van der Waals surface area contributed by atoms with Crippen molar-refractivity contribution < 1.29 is 83.5 Å². The van der Waals surface area contributed by atoms with E-state index in [0.29, 0.717) is 43.5 Å². The van der Waals surface area contributed by atoms with E-state index in [1.54, 1.807) is 0 Å². The van der Waals surface area contributed by atoms with Crippen molar-refractivity contribution in [1.82, 2.24) is 0 Å². The van der Waals surface area contributed by atoms with Gasteiger partial charge in [0, 0.05) is 30.1 Å². The first kappa shape index (κ1) is 44.2. The van der Waals surface area contributed by atoms with Crippen LogP contribution in [0.15, 0.2) is 0 Å². The molecule has 5 heterocycles. The van der Waals surface area contributed by atoms with Crippen molar-refractivity contribution in [3.05, 3.63) is 0 Å². The minimum Gasteiger partial charge on any atom is -0.388 e. The summed E-state index contributed by atoms with van der Waals surface area (Å²) in [7, 11) is 0. The van der Waals surface area contributed by atoms with Crippen molar-refractivity contribution in [3.63, 3.8) is 0 Å². The smallest absolute Gasteiger partial charge is 0.186 e. The summed E-state index contributed by atoms with van der Waals surface area (Å²) in [6.07, 6.45) is -12.2. The van der Waals surface area contributed by atoms with Gasteiger partial charge in [-0.1, -0.05) is 27.7 Å². The molecule has 17 heteroatoms. The van der Waals surface area contributed by atoms with E-state index < -0.39 is 97.7 Å². The molecule has 342 valence electrons. The summed E-state index contributed by atoms with van der Waals surface area (Å²) in [4.78, 5) is 14.6. The Morgan fingerprint density at radius 3 is 2.10 bits per heavy atom. The van der Waals surface area contributed by atoms with Crippen molar-refractivity contribution in [2.45, 2.75) is 183 Å². The summed E-state index contributed by atoms with van der Waals surface area (Å²) in [6.45, 7) is 8.64. The van der Waals surface area contributed by atoms with Gasteiger partial charge in [0.15, 0.2) is 24.7 Å². The number of ketones is 1. The molecule has 60 heavy (non-hydrogen) atoms. The molecule has 17 nitrogen and oxygen atoms in total. The zero-order valence-corrected chi connectivity index (χ0v) is 35.1. The fraction of sp³-hybridized carbons (Fsp3) is 0.977. The van der Waals surface area contributed by atoms with Crippen LogP contribution in [0.3, 0.4) is 0 Å². The number of hydrogen-bond donors (Lipinski definition) is 8. The van der Waals surface area contributed by atoms with Crippen LogP contribution >= 0.6 is 0 Å². The zero-order valence-electron chi connectivity index (χ0n) is 35.1. The third-order valence-electron chi connectivity index (χ3n) is 17.3. The van der Waals surface area contributed by atoms with Gasteiger partial charge in [-0.05, 0) is 80.0 Å². The highest BCUT2D eigenvalue weighted by Crippen LogP contribution is 2.70. The molecule has 9 rings (SSSR count). The second kappa shape index (κ2) is 16.5. The third-order valence-corrected chi connectivity index (χ3v) is 17.3. The lowest BCUT2D eigenvalue weighted by Crippen LogP contribution is -2.64. The van der Waals surface area contributed by atoms with Gasteiger partial charge < -0.3 is 78.7 Å². The van der Waals surface area contributed by atoms with Crippen LogP contribution in [0, 0.1) is 52.3 Å². The Labute approximate surface area is 350 Å². The van der Waals surface area contributed by atoms with Crippen LogP contribution in [0.2, 0.25) is 0 Å². The van der Waals surface area contributed by atoms with E-state index in [2.05, 4.69) is 27.7 Å². The molecule has 0 aromatic heterocycles. The molecule has 0 aromatic rings. The molecule has 25 atom stereocenters. The molecule has 1 spiro atoms. The van der Waals surface area contributed by atoms with Crippen LogP contribution in [0.4, 0.5) is 0 Å². The molecular weight excluding hydrogens is 788 g/mol. The van der Waals surface area contributed by atoms with Gasteiger partial charge in [0.25, 0.3) is 0 Å². The molecule has 8 N–H and O–H groups in total. The second-order valence-corrected chi connectivity index (χ2v) is 20.5. The number of rotatable bonds is 7. The van der Waals surface area contributed by atoms with Crippen molar-refractivity contribution >= 4 is 5.78 Å². The van der Waals surface area contributed by atoms with Crippen LogP contribution in [-0.4, -0.2) is 171 Å². The monoisotopic (exact) mass is 856 g/mol. The molecule has 4 saturated carbocycles. The van der Waals surface area contributed by atoms with Crippen molar-refractivity contribution in [1.29, 1.82) is 0 Å². The Morgan fingerprint density at radius 2 is 1.40 bits per heavy atom. The van der Waals surface area contributed by atoms with E-state index in [4.69, 9.17) is 37.9 Å². The molecule has 0 aromatic carbocycles. The minimum absolute atomic E-state index is 0.0248. The fourth-order valence-electron chi connectivity index (χ4n) is 13.7. The number of hydrogen-bond acceptors (Lipinski definition) is 17. The Hall–Kier alpha value is -0.970. The molecule has 0 radical (unpaired) electrons. The highest BCUT2D eigenvalue weighted by Gasteiger charge is 2.72. The van der Waals surface area contributed by atoms with Crippen molar-refractivity contribution in [2.24, 2.45) is 52.3 Å². The van der Waals surface area contributed by atoms with E-state index in [1.807, 2.05) is 0 Å². The van der Waals surface area contributed by atoms with Gasteiger partial charge in [0.1, 0.15) is 66.8 Å². The zero-order chi connectivity index (χ0) is 42.6. The molecule has 0 amide bonds. The molecule has 9 fully saturated rings. The van der Waals surface area contributed by atoms with Crippen molar-refractivity contribution in [3.8, 4) is 0 Å². The largest absolute Gasteiger partial charge is 0.388 e. The standard InChI is InChI=1S/C43H68O17/c1-18-7-10-43(56-14-18)19(2)30-27(60-43)12-24-22-6-5-20-11-21(8-9-41(20,3)23(22)13-29(46)42(24,30)4)57-40-36(52)33(49)37(59-39-35(51)32(48)26(45)16-54-39)28(58-40)17-55-38-34(50)31(47)25(44)15-53-38/h18-28,30-40,44-45,47-52H,5-17H2,1-4H3/t18-,19+,20+,21+,22-,23+,24+,25+,26-,27+,28-,30+,31+,32+,33-,34-,35-,36-,37-,38+,39+,40-,41+,42-,43-/m1/s1. The third kappa shape index (κ3) is 7.17. The van der Waals surface area contributed by atoms with Gasteiger partial charge in [0.2, 0.25) is 0 Å². The van der Waals surface area contributed by atoms with Crippen LogP contribution in [0.1, 0.15) is 85.5 Å². The highest BCUT2D eigenvalue weighted by molar-refractivity contribution is 5.87. The quantitative estimate of drug-likeness (QED) is 0.153. The van der Waals surface area contributed by atoms with E-state index in [9.17, 15) is 45.6 Å². The average Bonchev–Trinajstić information content (AvgIpc) is 3.67. The van der Waals surface area contributed by atoms with Gasteiger partial charge in [-0.2, -0.15) is 0 Å². The fourth-order valence-corrected chi connectivity index (χ4v) is 13.7. The summed E-state index contributed by atoms with van der Waals surface area (Å²) < 4.78 is 48.6. The minimum atomic E-state index is -1.70. The van der Waals surface area contributed by atoms with Gasteiger partial charge in [-0.3, -0.25) is 4.79 Å². The molecule has 0 bridgehead atoms. The molecule has 5 saturated heterocycles. The Kier molecular flexibility index (Phi) is 12.1. The van der Waals surface area contributed by atoms with E-state index in [1.165, 1.54) is 0 Å². The SMILES string of the molecule is C[C@@H]1CC[C@@]2(OC1)O[C@H]1C[C@H]3[C@@H]4CC[C@H]5C[C@@H](O[C@@H]6O[C@H](CO[C@@H]7OC[C@H](O)[C@H](O)[C@H]7O)[C@@H](O[C@@H]7OC[C@@H](O)[C@H](O)[C@H]7O)[C@H](O)[C@H]6O)CC[C@]5(C)[C@H]4CC(=O)[C@]3(C)[C@H]1[C@@H]2C. The number of ether oxygens (including phenoxy) is 8.